The lowest BCUT2D eigenvalue weighted by Crippen LogP contribution is -2.43. The van der Waals surface area contributed by atoms with Crippen molar-refractivity contribution in [1.29, 1.82) is 0 Å². The normalized spacial score (nSPS) is 20.2. The van der Waals surface area contributed by atoms with Crippen LogP contribution in [0.4, 0.5) is 5.82 Å². The molecule has 0 bridgehead atoms. The number of benzene rings is 1. The van der Waals surface area contributed by atoms with Crippen LogP contribution in [0.25, 0.3) is 11.4 Å². The van der Waals surface area contributed by atoms with E-state index in [0.29, 0.717) is 0 Å². The fourth-order valence-electron chi connectivity index (χ4n) is 3.33. The van der Waals surface area contributed by atoms with Crippen LogP contribution in [0.5, 0.6) is 0 Å². The van der Waals surface area contributed by atoms with Crippen molar-refractivity contribution in [3.05, 3.63) is 72.2 Å². The first-order valence-corrected chi connectivity index (χ1v) is 8.90. The fraction of sp³-hybridized carbons (Fsp3) is 0.286. The van der Waals surface area contributed by atoms with E-state index < -0.39 is 0 Å². The van der Waals surface area contributed by atoms with Crippen LogP contribution in [0, 0.1) is 6.92 Å². The number of aryl methyl sites for hydroxylation is 1. The minimum Gasteiger partial charge on any atom is -0.367 e. The maximum Gasteiger partial charge on any atom is 0.161 e. The van der Waals surface area contributed by atoms with Crippen LogP contribution in [0.15, 0.2) is 60.9 Å². The van der Waals surface area contributed by atoms with Crippen LogP contribution < -0.4 is 4.90 Å². The van der Waals surface area contributed by atoms with Gasteiger partial charge in [0.25, 0.3) is 0 Å². The molecule has 3 heterocycles. The zero-order chi connectivity index (χ0) is 17.9. The summed E-state index contributed by atoms with van der Waals surface area (Å²) < 4.78 is 6.18. The molecule has 0 spiro atoms. The quantitative estimate of drug-likeness (QED) is 0.722. The summed E-state index contributed by atoms with van der Waals surface area (Å²) in [5, 5.41) is 0. The van der Waals surface area contributed by atoms with E-state index in [1.54, 1.807) is 12.4 Å². The lowest BCUT2D eigenvalue weighted by atomic mass is 10.1. The first-order valence-electron chi connectivity index (χ1n) is 8.90. The van der Waals surface area contributed by atoms with Gasteiger partial charge in [0.15, 0.2) is 5.82 Å². The average molecular weight is 346 g/mol. The number of morpholine rings is 1. The molecule has 2 aromatic heterocycles. The highest BCUT2D eigenvalue weighted by Gasteiger charge is 2.27. The van der Waals surface area contributed by atoms with Gasteiger partial charge in [-0.2, -0.15) is 0 Å². The molecular formula is C21H22N4O. The molecule has 4 rings (SSSR count). The lowest BCUT2D eigenvalue weighted by molar-refractivity contribution is -0.0176. The summed E-state index contributed by atoms with van der Waals surface area (Å²) in [5.74, 6) is 1.68. The Bertz CT molecular complexity index is 870. The monoisotopic (exact) mass is 346 g/mol. The lowest BCUT2D eigenvalue weighted by Gasteiger charge is -2.38. The molecular weight excluding hydrogens is 324 g/mol. The SMILES string of the molecule is Cc1cc(N2C[C@@H](C)O[C@H](c3ccccc3)C2)nc(-c2ccncc2)n1. The molecule has 5 nitrogen and oxygen atoms in total. The molecule has 1 aliphatic heterocycles. The minimum atomic E-state index is 0.0413. The van der Waals surface area contributed by atoms with Gasteiger partial charge in [0.2, 0.25) is 0 Å². The van der Waals surface area contributed by atoms with Gasteiger partial charge in [0.05, 0.1) is 6.10 Å². The van der Waals surface area contributed by atoms with E-state index >= 15 is 0 Å². The van der Waals surface area contributed by atoms with Gasteiger partial charge in [0.1, 0.15) is 11.9 Å². The molecule has 0 N–H and O–H groups in total. The topological polar surface area (TPSA) is 51.1 Å². The first-order chi connectivity index (χ1) is 12.7. The van der Waals surface area contributed by atoms with E-state index in [2.05, 4.69) is 46.1 Å². The highest BCUT2D eigenvalue weighted by molar-refractivity contribution is 5.57. The maximum atomic E-state index is 6.18. The van der Waals surface area contributed by atoms with Crippen molar-refractivity contribution in [3.63, 3.8) is 0 Å². The predicted octanol–water partition coefficient (Wildman–Crippen LogP) is 3.81. The van der Waals surface area contributed by atoms with Gasteiger partial charge >= 0.3 is 0 Å². The second kappa shape index (κ2) is 7.22. The van der Waals surface area contributed by atoms with E-state index in [1.165, 1.54) is 5.56 Å². The molecule has 0 aliphatic carbocycles. The predicted molar refractivity (Wildman–Crippen MR) is 102 cm³/mol. The Morgan fingerprint density at radius 3 is 2.54 bits per heavy atom. The van der Waals surface area contributed by atoms with Crippen molar-refractivity contribution in [3.8, 4) is 11.4 Å². The number of hydrogen-bond donors (Lipinski definition) is 0. The standard InChI is InChI=1S/C21H22N4O/c1-15-12-20(24-21(23-15)18-8-10-22-11-9-18)25-13-16(2)26-19(14-25)17-6-4-3-5-7-17/h3-12,16,19H,13-14H2,1-2H3/t16-,19+/m1/s1. The zero-order valence-electron chi connectivity index (χ0n) is 15.0. The fourth-order valence-corrected chi connectivity index (χ4v) is 3.33. The largest absolute Gasteiger partial charge is 0.367 e. The molecule has 0 saturated carbocycles. The van der Waals surface area contributed by atoms with Gasteiger partial charge in [-0.25, -0.2) is 9.97 Å². The van der Waals surface area contributed by atoms with Crippen molar-refractivity contribution < 1.29 is 4.74 Å². The second-order valence-electron chi connectivity index (χ2n) is 6.68. The van der Waals surface area contributed by atoms with E-state index in [1.807, 2.05) is 31.2 Å². The van der Waals surface area contributed by atoms with Gasteiger partial charge in [-0.3, -0.25) is 4.98 Å². The Labute approximate surface area is 153 Å². The summed E-state index contributed by atoms with van der Waals surface area (Å²) in [5.41, 5.74) is 3.13. The third-order valence-electron chi connectivity index (χ3n) is 4.53. The number of rotatable bonds is 3. The van der Waals surface area contributed by atoms with E-state index in [9.17, 15) is 0 Å². The summed E-state index contributed by atoms with van der Waals surface area (Å²) in [6.45, 7) is 5.71. The molecule has 0 amide bonds. The Morgan fingerprint density at radius 1 is 1.00 bits per heavy atom. The zero-order valence-corrected chi connectivity index (χ0v) is 15.0. The molecule has 1 aliphatic rings. The number of anilines is 1. The van der Waals surface area contributed by atoms with Crippen molar-refractivity contribution in [2.45, 2.75) is 26.1 Å². The second-order valence-corrected chi connectivity index (χ2v) is 6.68. The van der Waals surface area contributed by atoms with Gasteiger partial charge in [0, 0.05) is 42.8 Å². The smallest absolute Gasteiger partial charge is 0.161 e. The van der Waals surface area contributed by atoms with Crippen LogP contribution in [0.3, 0.4) is 0 Å². The molecule has 1 aromatic carbocycles. The molecule has 0 radical (unpaired) electrons. The molecule has 5 heteroatoms. The number of nitrogens with zero attached hydrogens (tertiary/aromatic N) is 4. The minimum absolute atomic E-state index is 0.0413. The van der Waals surface area contributed by atoms with Gasteiger partial charge in [-0.05, 0) is 31.5 Å². The van der Waals surface area contributed by atoms with Gasteiger partial charge in [-0.15, -0.1) is 0 Å². The van der Waals surface area contributed by atoms with E-state index in [-0.39, 0.29) is 12.2 Å². The first kappa shape index (κ1) is 16.7. The Balaban J connectivity index is 1.65. The van der Waals surface area contributed by atoms with Crippen molar-refractivity contribution in [2.75, 3.05) is 18.0 Å². The number of hydrogen-bond acceptors (Lipinski definition) is 5. The van der Waals surface area contributed by atoms with Crippen molar-refractivity contribution in [1.82, 2.24) is 15.0 Å². The highest BCUT2D eigenvalue weighted by Crippen LogP contribution is 2.29. The molecule has 1 saturated heterocycles. The number of aromatic nitrogens is 3. The summed E-state index contributed by atoms with van der Waals surface area (Å²) in [7, 11) is 0. The summed E-state index contributed by atoms with van der Waals surface area (Å²) in [6, 6.07) is 16.3. The van der Waals surface area contributed by atoms with Crippen molar-refractivity contribution >= 4 is 5.82 Å². The molecule has 3 aromatic rings. The molecule has 2 atom stereocenters. The molecule has 1 fully saturated rings. The Morgan fingerprint density at radius 2 is 1.77 bits per heavy atom. The third kappa shape index (κ3) is 3.58. The van der Waals surface area contributed by atoms with Crippen LogP contribution in [0.2, 0.25) is 0 Å². The summed E-state index contributed by atoms with van der Waals surface area (Å²) in [6.07, 6.45) is 3.71. The molecule has 132 valence electrons. The number of pyridine rings is 1. The maximum absolute atomic E-state index is 6.18. The molecule has 0 unspecified atom stereocenters. The van der Waals surface area contributed by atoms with E-state index in [0.717, 1.165) is 36.0 Å². The average Bonchev–Trinajstić information content (AvgIpc) is 2.68. The van der Waals surface area contributed by atoms with Crippen LogP contribution in [-0.2, 0) is 4.74 Å². The van der Waals surface area contributed by atoms with E-state index in [4.69, 9.17) is 9.72 Å². The van der Waals surface area contributed by atoms with Gasteiger partial charge in [-0.1, -0.05) is 30.3 Å². The Kier molecular flexibility index (Phi) is 4.63. The van der Waals surface area contributed by atoms with Gasteiger partial charge < -0.3 is 9.64 Å². The Hall–Kier alpha value is -2.79. The third-order valence-corrected chi connectivity index (χ3v) is 4.53. The molecule has 26 heavy (non-hydrogen) atoms. The summed E-state index contributed by atoms with van der Waals surface area (Å²) in [4.78, 5) is 15.8. The van der Waals surface area contributed by atoms with Crippen LogP contribution >= 0.6 is 0 Å². The van der Waals surface area contributed by atoms with Crippen LogP contribution in [-0.4, -0.2) is 34.1 Å². The van der Waals surface area contributed by atoms with Crippen molar-refractivity contribution in [2.24, 2.45) is 0 Å². The number of ether oxygens (including phenoxy) is 1. The highest BCUT2D eigenvalue weighted by atomic mass is 16.5. The van der Waals surface area contributed by atoms with Crippen LogP contribution in [0.1, 0.15) is 24.3 Å². The summed E-state index contributed by atoms with van der Waals surface area (Å²) >= 11 is 0.